The minimum atomic E-state index is -4.17. The number of nitrogens with one attached hydrogen (secondary N) is 2. The van der Waals surface area contributed by atoms with Crippen molar-refractivity contribution in [3.8, 4) is 0 Å². The van der Waals surface area contributed by atoms with Gasteiger partial charge < -0.3 is 15.2 Å². The van der Waals surface area contributed by atoms with E-state index >= 15 is 0 Å². The zero-order valence-corrected chi connectivity index (χ0v) is 16.6. The van der Waals surface area contributed by atoms with Crippen molar-refractivity contribution in [2.75, 3.05) is 19.6 Å². The first-order valence-corrected chi connectivity index (χ1v) is 9.89. The number of aryl methyl sites for hydroxylation is 1. The summed E-state index contributed by atoms with van der Waals surface area (Å²) in [6.45, 7) is 2.66. The van der Waals surface area contributed by atoms with Gasteiger partial charge in [0.25, 0.3) is 0 Å². The fraction of sp³-hybridized carbons (Fsp3) is 0.588. The summed E-state index contributed by atoms with van der Waals surface area (Å²) in [4.78, 5) is 7.13. The summed E-state index contributed by atoms with van der Waals surface area (Å²) in [7, 11) is 1.87. The molecule has 0 aliphatic carbocycles. The van der Waals surface area contributed by atoms with Crippen molar-refractivity contribution in [1.82, 2.24) is 30.3 Å². The lowest BCUT2D eigenvalue weighted by Gasteiger charge is -2.20. The number of guanidine groups is 1. The van der Waals surface area contributed by atoms with E-state index in [1.165, 1.54) is 4.90 Å². The zero-order valence-electron chi connectivity index (χ0n) is 15.8. The molecule has 3 heterocycles. The molecule has 3 rings (SSSR count). The lowest BCUT2D eigenvalue weighted by molar-refractivity contribution is -0.143. The Hall–Kier alpha value is -2.14. The molecule has 1 saturated heterocycles. The summed E-state index contributed by atoms with van der Waals surface area (Å²) in [6.07, 6.45) is -3.54. The maximum Gasteiger partial charge on any atom is 0.401 e. The number of thiophene rings is 1. The van der Waals surface area contributed by atoms with E-state index in [1.54, 1.807) is 11.3 Å². The molecule has 1 unspecified atom stereocenters. The summed E-state index contributed by atoms with van der Waals surface area (Å²) >= 11 is 1.63. The van der Waals surface area contributed by atoms with E-state index in [1.807, 2.05) is 36.1 Å². The Bertz CT molecular complexity index is 785. The van der Waals surface area contributed by atoms with Gasteiger partial charge in [-0.05, 0) is 24.8 Å². The molecule has 0 bridgehead atoms. The molecule has 1 aliphatic rings. The average Bonchev–Trinajstić information content (AvgIpc) is 3.34. The van der Waals surface area contributed by atoms with E-state index in [9.17, 15) is 13.2 Å². The van der Waals surface area contributed by atoms with Crippen LogP contribution in [-0.4, -0.2) is 57.5 Å². The smallest absolute Gasteiger partial charge is 0.352 e. The highest BCUT2D eigenvalue weighted by atomic mass is 32.1. The number of hydrogen-bond acceptors (Lipinski definition) is 5. The molecule has 28 heavy (non-hydrogen) atoms. The molecule has 1 atom stereocenters. The highest BCUT2D eigenvalue weighted by Gasteiger charge is 2.34. The highest BCUT2D eigenvalue weighted by Crippen LogP contribution is 2.20. The first-order chi connectivity index (χ1) is 13.3. The van der Waals surface area contributed by atoms with Gasteiger partial charge in [-0.25, -0.2) is 4.99 Å². The van der Waals surface area contributed by atoms with Crippen molar-refractivity contribution in [3.05, 3.63) is 34.0 Å². The van der Waals surface area contributed by atoms with Gasteiger partial charge in [-0.2, -0.15) is 13.2 Å². The van der Waals surface area contributed by atoms with Crippen LogP contribution in [0.4, 0.5) is 13.2 Å². The topological polar surface area (TPSA) is 70.4 Å². The molecule has 154 valence electrons. The van der Waals surface area contributed by atoms with Crippen molar-refractivity contribution >= 4 is 17.3 Å². The normalized spacial score (nSPS) is 18.6. The summed E-state index contributed by atoms with van der Waals surface area (Å²) < 4.78 is 39.7. The molecule has 0 aromatic carbocycles. The number of halogens is 3. The van der Waals surface area contributed by atoms with E-state index in [-0.39, 0.29) is 6.04 Å². The standard InChI is InChI=1S/C17H24F3N7S/c1-12-24-25-15(26(12)2)9-22-16(21-8-14-4-3-7-28-14)23-13-5-6-27(10-13)11-17(18,19)20/h3-4,7,13H,5-6,8-11H2,1-2H3,(H2,21,22,23). The molecular weight excluding hydrogens is 391 g/mol. The van der Waals surface area contributed by atoms with Gasteiger partial charge in [-0.15, -0.1) is 21.5 Å². The van der Waals surface area contributed by atoms with Gasteiger partial charge in [0.15, 0.2) is 11.8 Å². The number of aliphatic imine (C=N–C) groups is 1. The largest absolute Gasteiger partial charge is 0.401 e. The Morgan fingerprint density at radius 2 is 2.21 bits per heavy atom. The average molecular weight is 415 g/mol. The van der Waals surface area contributed by atoms with E-state index in [0.29, 0.717) is 38.6 Å². The summed E-state index contributed by atoms with van der Waals surface area (Å²) in [5.41, 5.74) is 0. The van der Waals surface area contributed by atoms with Gasteiger partial charge in [0, 0.05) is 31.1 Å². The van der Waals surface area contributed by atoms with E-state index in [4.69, 9.17) is 0 Å². The Morgan fingerprint density at radius 1 is 1.39 bits per heavy atom. The molecule has 1 fully saturated rings. The number of rotatable bonds is 6. The monoisotopic (exact) mass is 415 g/mol. The second-order valence-corrected chi connectivity index (χ2v) is 7.83. The Morgan fingerprint density at radius 3 is 2.86 bits per heavy atom. The Balaban J connectivity index is 1.62. The first-order valence-electron chi connectivity index (χ1n) is 9.01. The molecule has 11 heteroatoms. The summed E-state index contributed by atoms with van der Waals surface area (Å²) in [5.74, 6) is 2.08. The minimum Gasteiger partial charge on any atom is -0.352 e. The van der Waals surface area contributed by atoms with Gasteiger partial charge >= 0.3 is 6.18 Å². The third-order valence-corrected chi connectivity index (χ3v) is 5.46. The van der Waals surface area contributed by atoms with Crippen LogP contribution in [0.15, 0.2) is 22.5 Å². The molecule has 0 amide bonds. The maximum absolute atomic E-state index is 12.6. The summed E-state index contributed by atoms with van der Waals surface area (Å²) in [6, 6.07) is 3.90. The van der Waals surface area contributed by atoms with Gasteiger partial charge in [-0.3, -0.25) is 4.90 Å². The van der Waals surface area contributed by atoms with Crippen LogP contribution in [0.2, 0.25) is 0 Å². The molecule has 7 nitrogen and oxygen atoms in total. The number of hydrogen-bond donors (Lipinski definition) is 2. The molecule has 2 aromatic rings. The van der Waals surface area contributed by atoms with Crippen LogP contribution in [0.5, 0.6) is 0 Å². The fourth-order valence-corrected chi connectivity index (χ4v) is 3.66. The predicted molar refractivity (Wildman–Crippen MR) is 102 cm³/mol. The van der Waals surface area contributed by atoms with Crippen LogP contribution in [0, 0.1) is 6.92 Å². The molecule has 0 spiro atoms. The van der Waals surface area contributed by atoms with Crippen LogP contribution >= 0.6 is 11.3 Å². The van der Waals surface area contributed by atoms with Crippen LogP contribution in [-0.2, 0) is 20.1 Å². The van der Waals surface area contributed by atoms with Crippen LogP contribution < -0.4 is 10.6 Å². The third-order valence-electron chi connectivity index (χ3n) is 4.59. The van der Waals surface area contributed by atoms with Crippen molar-refractivity contribution in [2.24, 2.45) is 12.0 Å². The van der Waals surface area contributed by atoms with Crippen molar-refractivity contribution in [3.63, 3.8) is 0 Å². The van der Waals surface area contributed by atoms with Gasteiger partial charge in [0.2, 0.25) is 0 Å². The number of alkyl halides is 3. The van der Waals surface area contributed by atoms with Crippen molar-refractivity contribution in [2.45, 2.75) is 38.7 Å². The maximum atomic E-state index is 12.6. The van der Waals surface area contributed by atoms with Gasteiger partial charge in [-0.1, -0.05) is 6.07 Å². The molecule has 0 saturated carbocycles. The highest BCUT2D eigenvalue weighted by molar-refractivity contribution is 7.09. The Kier molecular flexibility index (Phi) is 6.55. The SMILES string of the molecule is Cc1nnc(CN=C(NCc2cccs2)NC2CCN(CC(F)(F)F)C2)n1C. The Labute approximate surface area is 165 Å². The fourth-order valence-electron chi connectivity index (χ4n) is 3.02. The molecule has 2 aromatic heterocycles. The van der Waals surface area contributed by atoms with Crippen LogP contribution in [0.3, 0.4) is 0 Å². The predicted octanol–water partition coefficient (Wildman–Crippen LogP) is 2.06. The van der Waals surface area contributed by atoms with E-state index < -0.39 is 12.7 Å². The first kappa shape index (κ1) is 20.6. The zero-order chi connectivity index (χ0) is 20.1. The number of aromatic nitrogens is 3. The molecule has 1 aliphatic heterocycles. The minimum absolute atomic E-state index is 0.0850. The number of likely N-dealkylation sites (tertiary alicyclic amines) is 1. The van der Waals surface area contributed by atoms with Gasteiger partial charge in [0.1, 0.15) is 12.4 Å². The third kappa shape index (κ3) is 5.93. The van der Waals surface area contributed by atoms with E-state index in [2.05, 4.69) is 25.8 Å². The quantitative estimate of drug-likeness (QED) is 0.558. The van der Waals surface area contributed by atoms with Crippen molar-refractivity contribution in [1.29, 1.82) is 0 Å². The molecule has 0 radical (unpaired) electrons. The second kappa shape index (κ2) is 8.91. The van der Waals surface area contributed by atoms with Crippen LogP contribution in [0.1, 0.15) is 22.9 Å². The van der Waals surface area contributed by atoms with Crippen molar-refractivity contribution < 1.29 is 13.2 Å². The summed E-state index contributed by atoms with van der Waals surface area (Å²) in [5, 5.41) is 16.6. The van der Waals surface area contributed by atoms with Crippen LogP contribution in [0.25, 0.3) is 0 Å². The lowest BCUT2D eigenvalue weighted by Crippen LogP contribution is -2.45. The molecule has 2 N–H and O–H groups in total. The van der Waals surface area contributed by atoms with Gasteiger partial charge in [0.05, 0.1) is 13.1 Å². The molecular formula is C17H24F3N7S. The lowest BCUT2D eigenvalue weighted by atomic mass is 10.3. The number of nitrogens with zero attached hydrogens (tertiary/aromatic N) is 5. The second-order valence-electron chi connectivity index (χ2n) is 6.80. The van der Waals surface area contributed by atoms with E-state index in [0.717, 1.165) is 16.5 Å².